The molecule has 0 atom stereocenters. The molecule has 0 heterocycles. The molecule has 0 aliphatic heterocycles. The molecule has 120 valence electrons. The van der Waals surface area contributed by atoms with Crippen molar-refractivity contribution in [2.24, 2.45) is 5.92 Å². The Kier molecular flexibility index (Phi) is 8.40. The van der Waals surface area contributed by atoms with Crippen LogP contribution in [0.5, 0.6) is 5.75 Å². The van der Waals surface area contributed by atoms with Crippen LogP contribution >= 0.6 is 0 Å². The smallest absolute Gasteiger partial charge is 0.123 e. The quantitative estimate of drug-likeness (QED) is 0.714. The van der Waals surface area contributed by atoms with Gasteiger partial charge in [0.25, 0.3) is 0 Å². The second-order valence-corrected chi connectivity index (χ2v) is 6.22. The molecule has 21 heavy (non-hydrogen) atoms. The van der Waals surface area contributed by atoms with E-state index in [1.807, 2.05) is 6.07 Å². The minimum absolute atomic E-state index is 0.563. The van der Waals surface area contributed by atoms with E-state index in [4.69, 9.17) is 4.74 Å². The first-order valence-corrected chi connectivity index (χ1v) is 8.20. The highest BCUT2D eigenvalue weighted by atomic mass is 16.5. The van der Waals surface area contributed by atoms with Crippen molar-refractivity contribution in [3.63, 3.8) is 0 Å². The van der Waals surface area contributed by atoms with Crippen LogP contribution in [0, 0.1) is 5.92 Å². The van der Waals surface area contributed by atoms with Gasteiger partial charge in [-0.2, -0.15) is 0 Å². The lowest BCUT2D eigenvalue weighted by molar-refractivity contribution is 0.159. The zero-order valence-corrected chi connectivity index (χ0v) is 14.4. The Balaban J connectivity index is 2.50. The summed E-state index contributed by atoms with van der Waals surface area (Å²) >= 11 is 0. The van der Waals surface area contributed by atoms with Crippen molar-refractivity contribution in [2.45, 2.75) is 47.2 Å². The number of hydrogen-bond acceptors (Lipinski definition) is 3. The molecule has 0 saturated carbocycles. The Hall–Kier alpha value is -1.06. The molecule has 1 aromatic rings. The maximum Gasteiger partial charge on any atom is 0.123 e. The van der Waals surface area contributed by atoms with Crippen molar-refractivity contribution in [2.75, 3.05) is 26.2 Å². The van der Waals surface area contributed by atoms with Crippen LogP contribution in [0.25, 0.3) is 0 Å². The van der Waals surface area contributed by atoms with Gasteiger partial charge in [-0.15, -0.1) is 0 Å². The molecule has 1 aromatic carbocycles. The van der Waals surface area contributed by atoms with E-state index >= 15 is 0 Å². The number of ether oxygens (including phenoxy) is 1. The van der Waals surface area contributed by atoms with Gasteiger partial charge >= 0.3 is 0 Å². The third kappa shape index (κ3) is 6.96. The van der Waals surface area contributed by atoms with E-state index in [1.165, 1.54) is 5.56 Å². The lowest BCUT2D eigenvalue weighted by Crippen LogP contribution is -2.37. The summed E-state index contributed by atoms with van der Waals surface area (Å²) in [6.07, 6.45) is 0. The summed E-state index contributed by atoms with van der Waals surface area (Å²) in [5.74, 6) is 1.69. The van der Waals surface area contributed by atoms with Gasteiger partial charge in [0.1, 0.15) is 12.4 Å². The summed E-state index contributed by atoms with van der Waals surface area (Å²) in [4.78, 5) is 2.48. The SMILES string of the molecule is CCNCc1ccccc1OCCN(CC(C)C)C(C)C. The van der Waals surface area contributed by atoms with E-state index in [0.29, 0.717) is 12.0 Å². The lowest BCUT2D eigenvalue weighted by Gasteiger charge is -2.28. The molecule has 0 aliphatic carbocycles. The van der Waals surface area contributed by atoms with Crippen molar-refractivity contribution in [1.82, 2.24) is 10.2 Å². The van der Waals surface area contributed by atoms with Crippen molar-refractivity contribution in [3.05, 3.63) is 29.8 Å². The normalized spacial score (nSPS) is 11.6. The summed E-state index contributed by atoms with van der Waals surface area (Å²) in [6.45, 7) is 15.8. The highest BCUT2D eigenvalue weighted by molar-refractivity contribution is 5.33. The first-order chi connectivity index (χ1) is 10.0. The predicted molar refractivity (Wildman–Crippen MR) is 90.9 cm³/mol. The molecular weight excluding hydrogens is 260 g/mol. The molecule has 1 N–H and O–H groups in total. The average Bonchev–Trinajstić information content (AvgIpc) is 2.44. The summed E-state index contributed by atoms with van der Waals surface area (Å²) in [5.41, 5.74) is 1.24. The van der Waals surface area contributed by atoms with Crippen LogP contribution in [-0.4, -0.2) is 37.2 Å². The second-order valence-electron chi connectivity index (χ2n) is 6.22. The minimum Gasteiger partial charge on any atom is -0.492 e. The summed E-state index contributed by atoms with van der Waals surface area (Å²) in [6, 6.07) is 8.87. The highest BCUT2D eigenvalue weighted by Gasteiger charge is 2.11. The summed E-state index contributed by atoms with van der Waals surface area (Å²) in [5, 5.41) is 3.36. The zero-order chi connectivity index (χ0) is 15.7. The zero-order valence-electron chi connectivity index (χ0n) is 14.4. The standard InChI is InChI=1S/C18H32N2O/c1-6-19-13-17-9-7-8-10-18(17)21-12-11-20(16(4)5)14-15(2)3/h7-10,15-16,19H,6,11-14H2,1-5H3. The van der Waals surface area contributed by atoms with E-state index in [2.05, 4.69) is 63.0 Å². The van der Waals surface area contributed by atoms with Crippen LogP contribution in [0.3, 0.4) is 0 Å². The lowest BCUT2D eigenvalue weighted by atomic mass is 10.2. The Morgan fingerprint density at radius 1 is 1.14 bits per heavy atom. The molecule has 0 spiro atoms. The number of para-hydroxylation sites is 1. The summed E-state index contributed by atoms with van der Waals surface area (Å²) in [7, 11) is 0. The fraction of sp³-hybridized carbons (Fsp3) is 0.667. The average molecular weight is 292 g/mol. The highest BCUT2D eigenvalue weighted by Crippen LogP contribution is 2.17. The monoisotopic (exact) mass is 292 g/mol. The summed E-state index contributed by atoms with van der Waals surface area (Å²) < 4.78 is 6.01. The largest absolute Gasteiger partial charge is 0.492 e. The number of nitrogens with zero attached hydrogens (tertiary/aromatic N) is 1. The van der Waals surface area contributed by atoms with Gasteiger partial charge in [0.15, 0.2) is 0 Å². The van der Waals surface area contributed by atoms with Crippen LogP contribution in [-0.2, 0) is 6.54 Å². The van der Waals surface area contributed by atoms with Gasteiger partial charge in [-0.05, 0) is 32.4 Å². The fourth-order valence-corrected chi connectivity index (χ4v) is 2.35. The third-order valence-electron chi connectivity index (χ3n) is 3.50. The molecule has 3 heteroatoms. The molecule has 0 unspecified atom stereocenters. The van der Waals surface area contributed by atoms with E-state index in [9.17, 15) is 0 Å². The number of benzene rings is 1. The first-order valence-electron chi connectivity index (χ1n) is 8.20. The van der Waals surface area contributed by atoms with Gasteiger partial charge < -0.3 is 10.1 Å². The maximum absolute atomic E-state index is 6.01. The Morgan fingerprint density at radius 3 is 2.48 bits per heavy atom. The molecule has 1 rings (SSSR count). The molecule has 0 bridgehead atoms. The number of hydrogen-bond donors (Lipinski definition) is 1. The Morgan fingerprint density at radius 2 is 1.86 bits per heavy atom. The van der Waals surface area contributed by atoms with Crippen molar-refractivity contribution < 1.29 is 4.74 Å². The van der Waals surface area contributed by atoms with Gasteiger partial charge in [-0.25, -0.2) is 0 Å². The van der Waals surface area contributed by atoms with E-state index in [1.54, 1.807) is 0 Å². The van der Waals surface area contributed by atoms with Crippen LogP contribution in [0.15, 0.2) is 24.3 Å². The third-order valence-corrected chi connectivity index (χ3v) is 3.50. The molecule has 0 radical (unpaired) electrons. The number of rotatable bonds is 10. The maximum atomic E-state index is 6.01. The van der Waals surface area contributed by atoms with Crippen LogP contribution < -0.4 is 10.1 Å². The van der Waals surface area contributed by atoms with Gasteiger partial charge in [-0.1, -0.05) is 39.0 Å². The van der Waals surface area contributed by atoms with Gasteiger partial charge in [0.05, 0.1) is 0 Å². The Bertz CT molecular complexity index is 391. The molecule has 0 fully saturated rings. The van der Waals surface area contributed by atoms with E-state index in [-0.39, 0.29) is 0 Å². The van der Waals surface area contributed by atoms with Gasteiger partial charge in [0, 0.05) is 31.2 Å². The molecular formula is C18H32N2O. The van der Waals surface area contributed by atoms with E-state index < -0.39 is 0 Å². The van der Waals surface area contributed by atoms with Gasteiger partial charge in [0.2, 0.25) is 0 Å². The first kappa shape index (κ1) is 18.0. The van der Waals surface area contributed by atoms with Gasteiger partial charge in [-0.3, -0.25) is 4.90 Å². The van der Waals surface area contributed by atoms with Crippen LogP contribution in [0.1, 0.15) is 40.2 Å². The molecule has 3 nitrogen and oxygen atoms in total. The molecule has 0 aliphatic rings. The number of nitrogens with one attached hydrogen (secondary N) is 1. The van der Waals surface area contributed by atoms with Crippen molar-refractivity contribution in [3.8, 4) is 5.75 Å². The van der Waals surface area contributed by atoms with Crippen LogP contribution in [0.4, 0.5) is 0 Å². The minimum atomic E-state index is 0.563. The molecule has 0 aromatic heterocycles. The predicted octanol–water partition coefficient (Wildman–Crippen LogP) is 3.54. The topological polar surface area (TPSA) is 24.5 Å². The van der Waals surface area contributed by atoms with E-state index in [0.717, 1.165) is 38.5 Å². The molecule has 0 saturated heterocycles. The fourth-order valence-electron chi connectivity index (χ4n) is 2.35. The Labute approximate surface area is 130 Å². The molecule has 0 amide bonds. The van der Waals surface area contributed by atoms with Crippen LogP contribution in [0.2, 0.25) is 0 Å². The second kappa shape index (κ2) is 9.80. The van der Waals surface area contributed by atoms with Crippen molar-refractivity contribution in [1.29, 1.82) is 0 Å². The van der Waals surface area contributed by atoms with Crippen molar-refractivity contribution >= 4 is 0 Å².